The number of rotatable bonds is 4. The molecule has 2 nitrogen and oxygen atoms in total. The number of carbonyl (C=O) groups is 1. The largest absolute Gasteiger partial charge is 0.312 e. The molecular formula is C13H18ClNO. The van der Waals surface area contributed by atoms with Gasteiger partial charge in [0.05, 0.1) is 0 Å². The van der Waals surface area contributed by atoms with Gasteiger partial charge in [-0.05, 0) is 30.5 Å². The van der Waals surface area contributed by atoms with Crippen LogP contribution in [-0.4, -0.2) is 18.3 Å². The van der Waals surface area contributed by atoms with Crippen LogP contribution in [0.4, 0.5) is 5.69 Å². The van der Waals surface area contributed by atoms with Crippen LogP contribution in [0.3, 0.4) is 0 Å². The lowest BCUT2D eigenvalue weighted by Gasteiger charge is -2.20. The molecule has 0 fully saturated rings. The topological polar surface area (TPSA) is 20.3 Å². The monoisotopic (exact) mass is 239 g/mol. The fourth-order valence-corrected chi connectivity index (χ4v) is 1.76. The van der Waals surface area contributed by atoms with Crippen molar-refractivity contribution in [2.45, 2.75) is 26.7 Å². The van der Waals surface area contributed by atoms with E-state index in [0.717, 1.165) is 5.69 Å². The normalized spacial score (nSPS) is 10.6. The summed E-state index contributed by atoms with van der Waals surface area (Å²) in [5.41, 5.74) is 2.19. The average Bonchev–Trinajstić information content (AvgIpc) is 2.30. The molecule has 0 N–H and O–H groups in total. The van der Waals surface area contributed by atoms with E-state index in [9.17, 15) is 4.79 Å². The van der Waals surface area contributed by atoms with Crippen LogP contribution in [0.5, 0.6) is 0 Å². The molecule has 0 aliphatic carbocycles. The van der Waals surface area contributed by atoms with Gasteiger partial charge in [-0.2, -0.15) is 0 Å². The van der Waals surface area contributed by atoms with E-state index < -0.39 is 0 Å². The van der Waals surface area contributed by atoms with Crippen molar-refractivity contribution in [3.8, 4) is 0 Å². The summed E-state index contributed by atoms with van der Waals surface area (Å²) in [6.45, 7) is 6.89. The van der Waals surface area contributed by atoms with E-state index in [1.165, 1.54) is 5.56 Å². The highest BCUT2D eigenvalue weighted by atomic mass is 35.5. The van der Waals surface area contributed by atoms with E-state index in [2.05, 4.69) is 26.0 Å². The minimum Gasteiger partial charge on any atom is -0.312 e. The summed E-state index contributed by atoms with van der Waals surface area (Å²) < 4.78 is 0. The van der Waals surface area contributed by atoms with Crippen molar-refractivity contribution < 1.29 is 4.79 Å². The second kappa shape index (κ2) is 5.90. The number of alkyl halides is 1. The lowest BCUT2D eigenvalue weighted by Crippen LogP contribution is -2.31. The van der Waals surface area contributed by atoms with Gasteiger partial charge >= 0.3 is 0 Å². The molecule has 3 heteroatoms. The van der Waals surface area contributed by atoms with Crippen molar-refractivity contribution in [1.29, 1.82) is 0 Å². The van der Waals surface area contributed by atoms with Crippen molar-refractivity contribution in [3.05, 3.63) is 29.8 Å². The second-order valence-electron chi connectivity index (χ2n) is 4.02. The number of nitrogens with zero attached hydrogens (tertiary/aromatic N) is 1. The van der Waals surface area contributed by atoms with Crippen LogP contribution in [0.15, 0.2) is 24.3 Å². The maximum atomic E-state index is 11.6. The van der Waals surface area contributed by atoms with Crippen LogP contribution < -0.4 is 4.90 Å². The molecule has 0 saturated heterocycles. The molecule has 1 rings (SSSR count). The van der Waals surface area contributed by atoms with Gasteiger partial charge in [-0.1, -0.05) is 26.0 Å². The Morgan fingerprint density at radius 3 is 2.25 bits per heavy atom. The van der Waals surface area contributed by atoms with Gasteiger partial charge in [-0.15, -0.1) is 11.6 Å². The van der Waals surface area contributed by atoms with Crippen LogP contribution in [-0.2, 0) is 4.79 Å². The van der Waals surface area contributed by atoms with Gasteiger partial charge in [0.1, 0.15) is 5.88 Å². The Bertz CT molecular complexity index is 345. The Morgan fingerprint density at radius 1 is 1.31 bits per heavy atom. The molecule has 0 aliphatic heterocycles. The lowest BCUT2D eigenvalue weighted by molar-refractivity contribution is -0.116. The predicted molar refractivity (Wildman–Crippen MR) is 69.3 cm³/mol. The molecular weight excluding hydrogens is 222 g/mol. The first-order chi connectivity index (χ1) is 7.60. The summed E-state index contributed by atoms with van der Waals surface area (Å²) in [6, 6.07) is 8.07. The average molecular weight is 240 g/mol. The molecule has 0 spiro atoms. The Balaban J connectivity index is 2.90. The highest BCUT2D eigenvalue weighted by Gasteiger charge is 2.12. The Morgan fingerprint density at radius 2 is 1.88 bits per heavy atom. The molecule has 1 aromatic carbocycles. The van der Waals surface area contributed by atoms with Crippen molar-refractivity contribution in [2.75, 3.05) is 17.3 Å². The van der Waals surface area contributed by atoms with E-state index in [4.69, 9.17) is 11.6 Å². The fraction of sp³-hybridized carbons (Fsp3) is 0.462. The van der Waals surface area contributed by atoms with Gasteiger partial charge in [0.25, 0.3) is 0 Å². The molecule has 16 heavy (non-hydrogen) atoms. The zero-order valence-electron chi connectivity index (χ0n) is 10.0. The summed E-state index contributed by atoms with van der Waals surface area (Å²) in [7, 11) is 0. The zero-order valence-corrected chi connectivity index (χ0v) is 10.8. The first-order valence-electron chi connectivity index (χ1n) is 5.56. The molecule has 0 unspecified atom stereocenters. The summed E-state index contributed by atoms with van der Waals surface area (Å²) in [4.78, 5) is 13.2. The highest BCUT2D eigenvalue weighted by Crippen LogP contribution is 2.20. The van der Waals surface area contributed by atoms with Crippen LogP contribution in [0, 0.1) is 0 Å². The molecule has 0 atom stereocenters. The number of amides is 1. The van der Waals surface area contributed by atoms with E-state index in [0.29, 0.717) is 12.5 Å². The van der Waals surface area contributed by atoms with E-state index >= 15 is 0 Å². The van der Waals surface area contributed by atoms with Gasteiger partial charge in [-0.3, -0.25) is 4.79 Å². The minimum atomic E-state index is -0.0542. The molecule has 88 valence electrons. The van der Waals surface area contributed by atoms with Gasteiger partial charge in [0.15, 0.2) is 0 Å². The standard InChI is InChI=1S/C13H18ClNO/c1-4-15(13(16)9-14)12-7-5-11(6-8-12)10(2)3/h5-8,10H,4,9H2,1-3H3. The summed E-state index contributed by atoms with van der Waals surface area (Å²) in [5, 5.41) is 0. The quantitative estimate of drug-likeness (QED) is 0.738. The minimum absolute atomic E-state index is 0.0276. The number of benzene rings is 1. The SMILES string of the molecule is CCN(C(=O)CCl)c1ccc(C(C)C)cc1. The number of halogens is 1. The Kier molecular flexibility index (Phi) is 4.81. The van der Waals surface area contributed by atoms with Gasteiger partial charge in [0.2, 0.25) is 5.91 Å². The summed E-state index contributed by atoms with van der Waals surface area (Å²) in [5.74, 6) is 0.481. The highest BCUT2D eigenvalue weighted by molar-refractivity contribution is 6.29. The van der Waals surface area contributed by atoms with Crippen molar-refractivity contribution >= 4 is 23.2 Å². The third-order valence-corrected chi connectivity index (χ3v) is 2.83. The Labute approximate surface area is 102 Å². The number of hydrogen-bond acceptors (Lipinski definition) is 1. The molecule has 1 aromatic rings. The molecule has 0 saturated carbocycles. The molecule has 0 bridgehead atoms. The maximum Gasteiger partial charge on any atom is 0.241 e. The predicted octanol–water partition coefficient (Wildman–Crippen LogP) is 3.40. The first kappa shape index (κ1) is 13.0. The van der Waals surface area contributed by atoms with Crippen molar-refractivity contribution in [1.82, 2.24) is 0 Å². The molecule has 0 radical (unpaired) electrons. The third-order valence-electron chi connectivity index (χ3n) is 2.60. The Hall–Kier alpha value is -1.02. The number of anilines is 1. The van der Waals surface area contributed by atoms with E-state index in [1.54, 1.807) is 4.90 Å². The van der Waals surface area contributed by atoms with E-state index in [-0.39, 0.29) is 11.8 Å². The summed E-state index contributed by atoms with van der Waals surface area (Å²) >= 11 is 5.57. The van der Waals surface area contributed by atoms with Crippen molar-refractivity contribution in [3.63, 3.8) is 0 Å². The number of carbonyl (C=O) groups excluding carboxylic acids is 1. The van der Waals surface area contributed by atoms with E-state index in [1.807, 2.05) is 19.1 Å². The lowest BCUT2D eigenvalue weighted by atomic mass is 10.0. The molecule has 0 aromatic heterocycles. The molecule has 0 aliphatic rings. The first-order valence-corrected chi connectivity index (χ1v) is 6.09. The van der Waals surface area contributed by atoms with Crippen LogP contribution >= 0.6 is 11.6 Å². The maximum absolute atomic E-state index is 11.6. The van der Waals surface area contributed by atoms with Gasteiger partial charge in [0, 0.05) is 12.2 Å². The van der Waals surface area contributed by atoms with Gasteiger partial charge in [-0.25, -0.2) is 0 Å². The third kappa shape index (κ3) is 2.99. The molecule has 1 amide bonds. The molecule has 0 heterocycles. The smallest absolute Gasteiger partial charge is 0.241 e. The fourth-order valence-electron chi connectivity index (χ4n) is 1.61. The van der Waals surface area contributed by atoms with Crippen LogP contribution in [0.1, 0.15) is 32.3 Å². The zero-order chi connectivity index (χ0) is 12.1. The second-order valence-corrected chi connectivity index (χ2v) is 4.29. The number of hydrogen-bond donors (Lipinski definition) is 0. The van der Waals surface area contributed by atoms with Crippen molar-refractivity contribution in [2.24, 2.45) is 0 Å². The van der Waals surface area contributed by atoms with Crippen LogP contribution in [0.25, 0.3) is 0 Å². The van der Waals surface area contributed by atoms with Gasteiger partial charge < -0.3 is 4.90 Å². The summed E-state index contributed by atoms with van der Waals surface area (Å²) in [6.07, 6.45) is 0. The van der Waals surface area contributed by atoms with Crippen LogP contribution in [0.2, 0.25) is 0 Å².